The van der Waals surface area contributed by atoms with Crippen LogP contribution >= 0.6 is 0 Å². The molecule has 3 heterocycles. The minimum atomic E-state index is -0.946. The number of rotatable bonds is 6. The van der Waals surface area contributed by atoms with Crippen LogP contribution in [0.5, 0.6) is 0 Å². The van der Waals surface area contributed by atoms with Gasteiger partial charge in [-0.15, -0.1) is 0 Å². The van der Waals surface area contributed by atoms with E-state index in [0.717, 1.165) is 30.7 Å². The lowest BCUT2D eigenvalue weighted by Gasteiger charge is -2.24. The topological polar surface area (TPSA) is 71.2 Å². The highest BCUT2D eigenvalue weighted by Crippen LogP contribution is 2.39. The van der Waals surface area contributed by atoms with Crippen LogP contribution in [0.2, 0.25) is 0 Å². The van der Waals surface area contributed by atoms with Crippen molar-refractivity contribution in [2.45, 2.75) is 38.3 Å². The van der Waals surface area contributed by atoms with Crippen molar-refractivity contribution in [3.8, 4) is 11.4 Å². The molecule has 24 heavy (non-hydrogen) atoms. The molecule has 2 aromatic heterocycles. The monoisotopic (exact) mass is 326 g/mol. The summed E-state index contributed by atoms with van der Waals surface area (Å²) < 4.78 is 2.08. The number of nitrogens with zero attached hydrogens (tertiary/aromatic N) is 4. The fourth-order valence-electron chi connectivity index (χ4n) is 3.71. The van der Waals surface area contributed by atoms with Crippen LogP contribution in [0.4, 0.5) is 0 Å². The van der Waals surface area contributed by atoms with Crippen LogP contribution in [0, 0.1) is 5.92 Å². The zero-order valence-electron chi connectivity index (χ0n) is 13.6. The molecule has 1 N–H and O–H groups in total. The maximum absolute atomic E-state index is 11.1. The Balaban J connectivity index is 1.41. The molecule has 1 atom stereocenters. The Morgan fingerprint density at radius 2 is 2.08 bits per heavy atom. The van der Waals surface area contributed by atoms with Crippen molar-refractivity contribution < 1.29 is 9.90 Å². The molecule has 0 aromatic carbocycles. The lowest BCUT2D eigenvalue weighted by atomic mass is 10.1. The molecule has 0 amide bonds. The zero-order chi connectivity index (χ0) is 16.5. The number of imidazole rings is 1. The number of likely N-dealkylation sites (tertiary alicyclic amines) is 1. The number of hydrogen-bond donors (Lipinski definition) is 1. The highest BCUT2D eigenvalue weighted by molar-refractivity contribution is 5.88. The van der Waals surface area contributed by atoms with Crippen LogP contribution in [-0.4, -0.2) is 49.6 Å². The second-order valence-corrected chi connectivity index (χ2v) is 6.81. The first-order valence-electron chi connectivity index (χ1n) is 8.66. The van der Waals surface area contributed by atoms with Gasteiger partial charge in [-0.3, -0.25) is 9.88 Å². The van der Waals surface area contributed by atoms with Crippen molar-refractivity contribution in [2.24, 2.45) is 5.92 Å². The first-order valence-corrected chi connectivity index (χ1v) is 8.66. The predicted octanol–water partition coefficient (Wildman–Crippen LogP) is 2.52. The number of hydrogen-bond acceptors (Lipinski definition) is 4. The second kappa shape index (κ2) is 6.36. The van der Waals surface area contributed by atoms with Crippen molar-refractivity contribution >= 4 is 5.97 Å². The van der Waals surface area contributed by atoms with Gasteiger partial charge in [0.05, 0.1) is 17.6 Å². The SMILES string of the molecule is O=C(O)c1ccnc(-c2cn(CCN3CCCC3C3CC3)cn2)c1. The number of aromatic nitrogens is 3. The van der Waals surface area contributed by atoms with Gasteiger partial charge < -0.3 is 9.67 Å². The molecule has 1 aliphatic heterocycles. The summed E-state index contributed by atoms with van der Waals surface area (Å²) in [5, 5.41) is 9.08. The summed E-state index contributed by atoms with van der Waals surface area (Å²) >= 11 is 0. The van der Waals surface area contributed by atoms with E-state index in [1.54, 1.807) is 6.07 Å². The molecule has 2 fully saturated rings. The molecule has 2 aliphatic rings. The van der Waals surface area contributed by atoms with Crippen molar-refractivity contribution in [1.82, 2.24) is 19.4 Å². The van der Waals surface area contributed by atoms with Gasteiger partial charge in [-0.2, -0.15) is 0 Å². The molecule has 1 unspecified atom stereocenters. The van der Waals surface area contributed by atoms with Crippen LogP contribution in [0.15, 0.2) is 30.9 Å². The number of carboxylic acid groups (broad SMARTS) is 1. The molecule has 6 nitrogen and oxygen atoms in total. The van der Waals surface area contributed by atoms with Gasteiger partial charge in [0.1, 0.15) is 5.69 Å². The molecule has 1 saturated heterocycles. The van der Waals surface area contributed by atoms with Crippen molar-refractivity contribution in [3.05, 3.63) is 36.4 Å². The third kappa shape index (κ3) is 3.19. The number of aromatic carboxylic acids is 1. The van der Waals surface area contributed by atoms with Crippen LogP contribution < -0.4 is 0 Å². The third-order valence-corrected chi connectivity index (χ3v) is 5.13. The lowest BCUT2D eigenvalue weighted by Crippen LogP contribution is -2.33. The van der Waals surface area contributed by atoms with E-state index in [1.807, 2.05) is 12.5 Å². The molecule has 4 rings (SSSR count). The Hall–Kier alpha value is -2.21. The smallest absolute Gasteiger partial charge is 0.335 e. The molecule has 1 aliphatic carbocycles. The Bertz CT molecular complexity index is 738. The van der Waals surface area contributed by atoms with E-state index in [2.05, 4.69) is 19.4 Å². The maximum Gasteiger partial charge on any atom is 0.335 e. The molecule has 0 spiro atoms. The summed E-state index contributed by atoms with van der Waals surface area (Å²) in [5.41, 5.74) is 1.56. The van der Waals surface area contributed by atoms with E-state index in [9.17, 15) is 4.79 Å². The summed E-state index contributed by atoms with van der Waals surface area (Å²) in [6.45, 7) is 3.18. The van der Waals surface area contributed by atoms with E-state index in [4.69, 9.17) is 5.11 Å². The van der Waals surface area contributed by atoms with E-state index >= 15 is 0 Å². The quantitative estimate of drug-likeness (QED) is 0.883. The molecular weight excluding hydrogens is 304 g/mol. The van der Waals surface area contributed by atoms with Gasteiger partial charge in [-0.05, 0) is 50.3 Å². The molecule has 126 valence electrons. The Morgan fingerprint density at radius 3 is 2.88 bits per heavy atom. The second-order valence-electron chi connectivity index (χ2n) is 6.81. The predicted molar refractivity (Wildman–Crippen MR) is 89.7 cm³/mol. The first kappa shape index (κ1) is 15.3. The van der Waals surface area contributed by atoms with Gasteiger partial charge in [-0.1, -0.05) is 0 Å². The normalized spacial score (nSPS) is 21.2. The Kier molecular flexibility index (Phi) is 4.06. The summed E-state index contributed by atoms with van der Waals surface area (Å²) in [6.07, 6.45) is 10.8. The summed E-state index contributed by atoms with van der Waals surface area (Å²) in [4.78, 5) is 22.3. The van der Waals surface area contributed by atoms with Gasteiger partial charge in [-0.25, -0.2) is 9.78 Å². The van der Waals surface area contributed by atoms with Gasteiger partial charge in [0.2, 0.25) is 0 Å². The average Bonchev–Trinajstić information content (AvgIpc) is 3.14. The molecule has 2 aromatic rings. The molecule has 1 saturated carbocycles. The number of carboxylic acids is 1. The van der Waals surface area contributed by atoms with Crippen molar-refractivity contribution in [2.75, 3.05) is 13.1 Å². The van der Waals surface area contributed by atoms with Crippen LogP contribution in [0.3, 0.4) is 0 Å². The van der Waals surface area contributed by atoms with Crippen molar-refractivity contribution in [3.63, 3.8) is 0 Å². The minimum absolute atomic E-state index is 0.235. The fourth-order valence-corrected chi connectivity index (χ4v) is 3.71. The first-order chi connectivity index (χ1) is 11.7. The van der Waals surface area contributed by atoms with Gasteiger partial charge in [0.15, 0.2) is 0 Å². The van der Waals surface area contributed by atoms with Gasteiger partial charge in [0.25, 0.3) is 0 Å². The van der Waals surface area contributed by atoms with E-state index < -0.39 is 5.97 Å². The van der Waals surface area contributed by atoms with Crippen LogP contribution in [0.25, 0.3) is 11.4 Å². The molecule has 0 radical (unpaired) electrons. The molecule has 6 heteroatoms. The summed E-state index contributed by atoms with van der Waals surface area (Å²) in [5.74, 6) is -0.00737. The Morgan fingerprint density at radius 1 is 1.21 bits per heavy atom. The molecular formula is C18H22N4O2. The minimum Gasteiger partial charge on any atom is -0.478 e. The fraction of sp³-hybridized carbons (Fsp3) is 0.500. The standard InChI is InChI=1S/C18H22N4O2/c23-18(24)14-5-6-19-15(10-14)16-11-21(12-20-16)8-9-22-7-1-2-17(22)13-3-4-13/h5-6,10-13,17H,1-4,7-9H2,(H,23,24). The number of carbonyl (C=O) groups is 1. The van der Waals surface area contributed by atoms with Crippen LogP contribution in [-0.2, 0) is 6.54 Å². The molecule has 0 bridgehead atoms. The summed E-state index contributed by atoms with van der Waals surface area (Å²) in [7, 11) is 0. The third-order valence-electron chi connectivity index (χ3n) is 5.13. The van der Waals surface area contributed by atoms with E-state index in [-0.39, 0.29) is 5.56 Å². The average molecular weight is 326 g/mol. The lowest BCUT2D eigenvalue weighted by molar-refractivity contribution is 0.0697. The zero-order valence-corrected chi connectivity index (χ0v) is 13.6. The van der Waals surface area contributed by atoms with E-state index in [1.165, 1.54) is 44.5 Å². The van der Waals surface area contributed by atoms with Crippen molar-refractivity contribution in [1.29, 1.82) is 0 Å². The Labute approximate surface area is 141 Å². The van der Waals surface area contributed by atoms with E-state index in [0.29, 0.717) is 5.69 Å². The number of pyridine rings is 1. The van der Waals surface area contributed by atoms with Gasteiger partial charge >= 0.3 is 5.97 Å². The highest BCUT2D eigenvalue weighted by Gasteiger charge is 2.37. The van der Waals surface area contributed by atoms with Crippen LogP contribution in [0.1, 0.15) is 36.0 Å². The summed E-state index contributed by atoms with van der Waals surface area (Å²) in [6, 6.07) is 3.86. The highest BCUT2D eigenvalue weighted by atomic mass is 16.4. The largest absolute Gasteiger partial charge is 0.478 e. The van der Waals surface area contributed by atoms with Gasteiger partial charge in [0, 0.05) is 31.5 Å². The maximum atomic E-state index is 11.1.